The summed E-state index contributed by atoms with van der Waals surface area (Å²) in [7, 11) is 0. The van der Waals surface area contributed by atoms with E-state index < -0.39 is 11.1 Å². The highest BCUT2D eigenvalue weighted by Crippen LogP contribution is 2.34. The largest absolute Gasteiger partial charge is 0.425 e. The van der Waals surface area contributed by atoms with Crippen LogP contribution >= 0.6 is 11.3 Å². The van der Waals surface area contributed by atoms with E-state index >= 15 is 0 Å². The number of likely N-dealkylation sites (tertiary alicyclic amines) is 1. The molecule has 1 aromatic heterocycles. The third kappa shape index (κ3) is 4.09. The molecule has 8 heteroatoms. The standard InChI is InChI=1S/C14H15F3N2O2S/c15-14(16,17)11-7-9(8-22-11)1-2-12(20)19-5-3-10(4-6-19)13(18)21/h1-2,7-8,10H,3-6H2,(H2,18,21). The predicted octanol–water partition coefficient (Wildman–Crippen LogP) is 2.50. The molecule has 1 aliphatic rings. The fourth-order valence-electron chi connectivity index (χ4n) is 2.24. The van der Waals surface area contributed by atoms with Gasteiger partial charge in [-0.05, 0) is 35.9 Å². The Hall–Kier alpha value is -1.83. The van der Waals surface area contributed by atoms with Gasteiger partial charge in [0.2, 0.25) is 11.8 Å². The van der Waals surface area contributed by atoms with Gasteiger partial charge in [0, 0.05) is 25.1 Å². The van der Waals surface area contributed by atoms with Crippen molar-refractivity contribution >= 4 is 29.2 Å². The number of hydrogen-bond donors (Lipinski definition) is 1. The molecular formula is C14H15F3N2O2S. The molecule has 1 aliphatic heterocycles. The van der Waals surface area contributed by atoms with Crippen LogP contribution in [0.2, 0.25) is 0 Å². The molecule has 22 heavy (non-hydrogen) atoms. The van der Waals surface area contributed by atoms with Gasteiger partial charge in [-0.2, -0.15) is 13.2 Å². The lowest BCUT2D eigenvalue weighted by atomic mass is 9.96. The number of primary amides is 1. The average molecular weight is 332 g/mol. The van der Waals surface area contributed by atoms with E-state index in [1.807, 2.05) is 0 Å². The molecule has 0 atom stereocenters. The number of halogens is 3. The van der Waals surface area contributed by atoms with E-state index in [1.165, 1.54) is 17.5 Å². The summed E-state index contributed by atoms with van der Waals surface area (Å²) < 4.78 is 37.4. The minimum atomic E-state index is -4.36. The zero-order valence-corrected chi connectivity index (χ0v) is 12.4. The smallest absolute Gasteiger partial charge is 0.369 e. The molecule has 0 unspecified atom stereocenters. The topological polar surface area (TPSA) is 63.4 Å². The van der Waals surface area contributed by atoms with E-state index in [1.54, 1.807) is 4.90 Å². The Balaban J connectivity index is 1.92. The number of thiophene rings is 1. The summed E-state index contributed by atoms with van der Waals surface area (Å²) in [5.74, 6) is -0.845. The van der Waals surface area contributed by atoms with Crippen molar-refractivity contribution in [3.8, 4) is 0 Å². The number of nitrogens with zero attached hydrogens (tertiary/aromatic N) is 1. The molecule has 0 spiro atoms. The van der Waals surface area contributed by atoms with Crippen LogP contribution in [0.3, 0.4) is 0 Å². The van der Waals surface area contributed by atoms with Gasteiger partial charge in [-0.1, -0.05) is 0 Å². The molecule has 0 aromatic carbocycles. The summed E-state index contributed by atoms with van der Waals surface area (Å²) in [6.45, 7) is 0.850. The summed E-state index contributed by atoms with van der Waals surface area (Å²) >= 11 is 0.595. The first-order chi connectivity index (χ1) is 10.3. The molecule has 0 bridgehead atoms. The van der Waals surface area contributed by atoms with Crippen LogP contribution in [0.15, 0.2) is 17.5 Å². The number of hydrogen-bond acceptors (Lipinski definition) is 3. The second-order valence-electron chi connectivity index (χ2n) is 5.08. The summed E-state index contributed by atoms with van der Waals surface area (Å²) in [4.78, 5) is 23.9. The van der Waals surface area contributed by atoms with E-state index in [0.29, 0.717) is 42.8 Å². The molecule has 0 radical (unpaired) electrons. The number of carbonyl (C=O) groups is 2. The first-order valence-corrected chi connectivity index (χ1v) is 7.57. The lowest BCUT2D eigenvalue weighted by molar-refractivity contribution is -0.134. The molecule has 1 fully saturated rings. The van der Waals surface area contributed by atoms with Gasteiger partial charge in [-0.25, -0.2) is 0 Å². The molecule has 1 saturated heterocycles. The van der Waals surface area contributed by atoms with Crippen molar-refractivity contribution < 1.29 is 22.8 Å². The first kappa shape index (κ1) is 16.5. The molecule has 1 aromatic rings. The Morgan fingerprint density at radius 3 is 2.45 bits per heavy atom. The second-order valence-corrected chi connectivity index (χ2v) is 5.99. The molecule has 120 valence electrons. The first-order valence-electron chi connectivity index (χ1n) is 6.69. The Kier molecular flexibility index (Phi) is 4.90. The van der Waals surface area contributed by atoms with Gasteiger partial charge in [0.25, 0.3) is 0 Å². The zero-order valence-electron chi connectivity index (χ0n) is 11.6. The average Bonchev–Trinajstić information content (AvgIpc) is 2.94. The summed E-state index contributed by atoms with van der Waals surface area (Å²) in [5.41, 5.74) is 5.56. The fraction of sp³-hybridized carbons (Fsp3) is 0.429. The van der Waals surface area contributed by atoms with E-state index in [0.717, 1.165) is 6.07 Å². The van der Waals surface area contributed by atoms with Crippen LogP contribution in [0, 0.1) is 5.92 Å². The number of alkyl halides is 3. The zero-order chi connectivity index (χ0) is 16.3. The Morgan fingerprint density at radius 1 is 1.32 bits per heavy atom. The van der Waals surface area contributed by atoms with Gasteiger partial charge >= 0.3 is 6.18 Å². The monoisotopic (exact) mass is 332 g/mol. The Morgan fingerprint density at radius 2 is 1.95 bits per heavy atom. The van der Waals surface area contributed by atoms with Gasteiger partial charge in [0.05, 0.1) is 0 Å². The maximum Gasteiger partial charge on any atom is 0.425 e. The van der Waals surface area contributed by atoms with E-state index in [9.17, 15) is 22.8 Å². The highest BCUT2D eigenvalue weighted by Gasteiger charge is 2.32. The van der Waals surface area contributed by atoms with E-state index in [-0.39, 0.29) is 17.7 Å². The molecule has 2 rings (SSSR count). The van der Waals surface area contributed by atoms with Gasteiger partial charge < -0.3 is 10.6 Å². The number of carbonyl (C=O) groups excluding carboxylic acids is 2. The molecule has 4 nitrogen and oxygen atoms in total. The van der Waals surface area contributed by atoms with Crippen molar-refractivity contribution in [3.63, 3.8) is 0 Å². The predicted molar refractivity (Wildman–Crippen MR) is 76.9 cm³/mol. The molecule has 0 aliphatic carbocycles. The molecule has 2 amide bonds. The molecule has 2 N–H and O–H groups in total. The van der Waals surface area contributed by atoms with Crippen molar-refractivity contribution in [1.29, 1.82) is 0 Å². The van der Waals surface area contributed by atoms with Crippen molar-refractivity contribution in [2.75, 3.05) is 13.1 Å². The van der Waals surface area contributed by atoms with Crippen LogP contribution < -0.4 is 5.73 Å². The fourth-order valence-corrected chi connectivity index (χ4v) is 2.99. The van der Waals surface area contributed by atoms with Gasteiger partial charge in [0.1, 0.15) is 4.88 Å². The summed E-state index contributed by atoms with van der Waals surface area (Å²) in [6, 6.07) is 1.01. The van der Waals surface area contributed by atoms with Crippen LogP contribution in [0.25, 0.3) is 6.08 Å². The lowest BCUT2D eigenvalue weighted by Crippen LogP contribution is -2.41. The minimum Gasteiger partial charge on any atom is -0.369 e. The number of piperidine rings is 1. The molecule has 0 saturated carbocycles. The molecule has 2 heterocycles. The van der Waals surface area contributed by atoms with Gasteiger partial charge in [-0.15, -0.1) is 11.3 Å². The van der Waals surface area contributed by atoms with Crippen molar-refractivity contribution in [2.24, 2.45) is 11.7 Å². The van der Waals surface area contributed by atoms with Crippen LogP contribution in [-0.4, -0.2) is 29.8 Å². The molecular weight excluding hydrogens is 317 g/mol. The van der Waals surface area contributed by atoms with Crippen LogP contribution in [0.4, 0.5) is 13.2 Å². The third-order valence-electron chi connectivity index (χ3n) is 3.53. The van der Waals surface area contributed by atoms with Crippen molar-refractivity contribution in [3.05, 3.63) is 28.0 Å². The highest BCUT2D eigenvalue weighted by molar-refractivity contribution is 7.10. The summed E-state index contributed by atoms with van der Waals surface area (Å²) in [6.07, 6.45) is -0.699. The third-order valence-corrected chi connectivity index (χ3v) is 4.52. The number of nitrogens with two attached hydrogens (primary N) is 1. The minimum absolute atomic E-state index is 0.209. The van der Waals surface area contributed by atoms with Crippen LogP contribution in [0.1, 0.15) is 23.3 Å². The maximum absolute atomic E-state index is 12.5. The summed E-state index contributed by atoms with van der Waals surface area (Å²) in [5, 5.41) is 1.35. The normalized spacial score (nSPS) is 17.1. The maximum atomic E-state index is 12.5. The van der Waals surface area contributed by atoms with Crippen molar-refractivity contribution in [2.45, 2.75) is 19.0 Å². The van der Waals surface area contributed by atoms with Crippen molar-refractivity contribution in [1.82, 2.24) is 4.90 Å². The van der Waals surface area contributed by atoms with Gasteiger partial charge in [-0.3, -0.25) is 9.59 Å². The highest BCUT2D eigenvalue weighted by atomic mass is 32.1. The Labute approximate surface area is 129 Å². The van der Waals surface area contributed by atoms with Gasteiger partial charge in [0.15, 0.2) is 0 Å². The van der Waals surface area contributed by atoms with Crippen LogP contribution in [-0.2, 0) is 15.8 Å². The Bertz CT molecular complexity index is 587. The SMILES string of the molecule is NC(=O)C1CCN(C(=O)C=Cc2csc(C(F)(F)F)c2)CC1. The quantitative estimate of drug-likeness (QED) is 0.865. The lowest BCUT2D eigenvalue weighted by Gasteiger charge is -2.29. The second kappa shape index (κ2) is 6.51. The van der Waals surface area contributed by atoms with E-state index in [2.05, 4.69) is 0 Å². The number of rotatable bonds is 3. The van der Waals surface area contributed by atoms with E-state index in [4.69, 9.17) is 5.73 Å². The van der Waals surface area contributed by atoms with Crippen LogP contribution in [0.5, 0.6) is 0 Å². The number of amides is 2.